The van der Waals surface area contributed by atoms with Crippen molar-refractivity contribution >= 4 is 45.6 Å². The average Bonchev–Trinajstić information content (AvgIpc) is 2.69. The van der Waals surface area contributed by atoms with E-state index in [1.807, 2.05) is 0 Å². The molecule has 1 nitrogen and oxygen atoms in total. The molecular formula is C13H10ClNS2. The van der Waals surface area contributed by atoms with Gasteiger partial charge >= 0.3 is 0 Å². The van der Waals surface area contributed by atoms with Crippen molar-refractivity contribution in [2.75, 3.05) is 0 Å². The van der Waals surface area contributed by atoms with E-state index >= 15 is 0 Å². The summed E-state index contributed by atoms with van der Waals surface area (Å²) < 4.78 is 0. The minimum Gasteiger partial charge on any atom is -0.235 e. The van der Waals surface area contributed by atoms with Crippen LogP contribution in [0.15, 0.2) is 37.7 Å². The highest BCUT2D eigenvalue weighted by Crippen LogP contribution is 2.43. The van der Waals surface area contributed by atoms with Gasteiger partial charge in [-0.1, -0.05) is 23.4 Å². The lowest BCUT2D eigenvalue weighted by molar-refractivity contribution is 1.26. The molecule has 0 aliphatic carbocycles. The predicted octanol–water partition coefficient (Wildman–Crippen LogP) is 5.15. The third-order valence-corrected chi connectivity index (χ3v) is 5.15. The highest BCUT2D eigenvalue weighted by molar-refractivity contribution is 7.99. The third kappa shape index (κ3) is 1.92. The number of nitrogens with zero attached hydrogens (tertiary/aromatic N) is 1. The van der Waals surface area contributed by atoms with Crippen LogP contribution < -0.4 is 0 Å². The molecule has 3 rings (SSSR count). The molecule has 2 heterocycles. The van der Waals surface area contributed by atoms with Crippen LogP contribution in [0.25, 0.3) is 0 Å². The molecule has 0 spiro atoms. The van der Waals surface area contributed by atoms with E-state index < -0.39 is 0 Å². The molecule has 0 amide bonds. The minimum absolute atomic E-state index is 0.593. The van der Waals surface area contributed by atoms with Crippen LogP contribution in [0, 0.1) is 13.8 Å². The Labute approximate surface area is 114 Å². The number of rotatable bonds is 0. The molecule has 2 aromatic rings. The highest BCUT2D eigenvalue weighted by atomic mass is 35.5. The lowest BCUT2D eigenvalue weighted by Crippen LogP contribution is -1.87. The molecule has 0 saturated carbocycles. The van der Waals surface area contributed by atoms with E-state index in [1.165, 1.54) is 20.9 Å². The fourth-order valence-electron chi connectivity index (χ4n) is 1.74. The monoisotopic (exact) mass is 279 g/mol. The fraction of sp³-hybridized carbons (Fsp3) is 0.154. The summed E-state index contributed by atoms with van der Waals surface area (Å²) in [6.45, 7) is 4.23. The van der Waals surface area contributed by atoms with E-state index in [4.69, 9.17) is 11.6 Å². The molecule has 0 saturated heterocycles. The van der Waals surface area contributed by atoms with Crippen molar-refractivity contribution in [3.8, 4) is 0 Å². The molecule has 0 fully saturated rings. The molecule has 0 unspecified atom stereocenters. The normalized spacial score (nSPS) is 13.7. The third-order valence-electron chi connectivity index (χ3n) is 2.86. The zero-order valence-electron chi connectivity index (χ0n) is 9.45. The minimum atomic E-state index is 0.593. The lowest BCUT2D eigenvalue weighted by atomic mass is 10.1. The number of hydrogen-bond acceptors (Lipinski definition) is 3. The van der Waals surface area contributed by atoms with Crippen LogP contribution in [0.5, 0.6) is 0 Å². The summed E-state index contributed by atoms with van der Waals surface area (Å²) in [6, 6.07) is 4.30. The van der Waals surface area contributed by atoms with E-state index in [9.17, 15) is 0 Å². The summed E-state index contributed by atoms with van der Waals surface area (Å²) in [4.78, 5) is 6.91. The van der Waals surface area contributed by atoms with Gasteiger partial charge in [0.1, 0.15) is 5.17 Å². The molecule has 0 radical (unpaired) electrons. The summed E-state index contributed by atoms with van der Waals surface area (Å²) >= 11 is 9.67. The molecule has 86 valence electrons. The zero-order valence-corrected chi connectivity index (χ0v) is 11.8. The summed E-state index contributed by atoms with van der Waals surface area (Å²) in [7, 11) is 0. The number of thiophene rings is 1. The molecule has 1 aromatic carbocycles. The topological polar surface area (TPSA) is 12.4 Å². The number of aryl methyl sites for hydroxylation is 2. The first-order chi connectivity index (χ1) is 8.15. The van der Waals surface area contributed by atoms with Gasteiger partial charge in [-0.05, 0) is 37.1 Å². The Morgan fingerprint density at radius 1 is 1.06 bits per heavy atom. The first-order valence-electron chi connectivity index (χ1n) is 5.25. The smallest absolute Gasteiger partial charge is 0.138 e. The van der Waals surface area contributed by atoms with Gasteiger partial charge in [0.25, 0.3) is 0 Å². The Kier molecular flexibility index (Phi) is 2.77. The molecule has 0 atom stereocenters. The number of hydrogen-bond donors (Lipinski definition) is 0. The van der Waals surface area contributed by atoms with Crippen LogP contribution in [0.4, 0.5) is 5.69 Å². The number of benzene rings is 1. The van der Waals surface area contributed by atoms with Crippen LogP contribution in [0.1, 0.15) is 16.7 Å². The van der Waals surface area contributed by atoms with Gasteiger partial charge in [0.05, 0.1) is 5.69 Å². The second kappa shape index (κ2) is 4.16. The predicted molar refractivity (Wildman–Crippen MR) is 76.4 cm³/mol. The first kappa shape index (κ1) is 11.3. The van der Waals surface area contributed by atoms with E-state index in [0.29, 0.717) is 5.17 Å². The summed E-state index contributed by atoms with van der Waals surface area (Å²) in [5.41, 5.74) is 4.57. The molecular weight excluding hydrogens is 270 g/mol. The largest absolute Gasteiger partial charge is 0.235 e. The van der Waals surface area contributed by atoms with Gasteiger partial charge in [-0.3, -0.25) is 0 Å². The van der Waals surface area contributed by atoms with Gasteiger partial charge in [0, 0.05) is 26.1 Å². The number of halogens is 1. The lowest BCUT2D eigenvalue weighted by Gasteiger charge is -2.06. The molecule has 4 heteroatoms. The van der Waals surface area contributed by atoms with E-state index in [0.717, 1.165) is 11.3 Å². The van der Waals surface area contributed by atoms with Crippen molar-refractivity contribution in [1.29, 1.82) is 0 Å². The van der Waals surface area contributed by atoms with Crippen molar-refractivity contribution in [2.24, 2.45) is 4.99 Å². The first-order valence-corrected chi connectivity index (χ1v) is 7.39. The van der Waals surface area contributed by atoms with Gasteiger partial charge in [-0.2, -0.15) is 11.3 Å². The van der Waals surface area contributed by atoms with E-state index in [1.54, 1.807) is 23.1 Å². The molecule has 17 heavy (non-hydrogen) atoms. The second-order valence-electron chi connectivity index (χ2n) is 4.06. The molecule has 1 aliphatic rings. The van der Waals surface area contributed by atoms with Crippen LogP contribution in [0.3, 0.4) is 0 Å². The van der Waals surface area contributed by atoms with Crippen LogP contribution in [-0.2, 0) is 0 Å². The van der Waals surface area contributed by atoms with Gasteiger partial charge < -0.3 is 0 Å². The summed E-state index contributed by atoms with van der Waals surface area (Å²) in [5.74, 6) is 0. The quantitative estimate of drug-likeness (QED) is 0.650. The molecule has 0 bridgehead atoms. The number of fused-ring (bicyclic) bond motifs is 2. The maximum atomic E-state index is 6.26. The fourth-order valence-corrected chi connectivity index (χ4v) is 4.19. The Bertz CT molecular complexity index is 628. The maximum absolute atomic E-state index is 6.26. The van der Waals surface area contributed by atoms with Crippen molar-refractivity contribution < 1.29 is 0 Å². The summed E-state index contributed by atoms with van der Waals surface area (Å²) in [5, 5.41) is 4.78. The van der Waals surface area contributed by atoms with Gasteiger partial charge in [0.2, 0.25) is 0 Å². The molecule has 0 N–H and O–H groups in total. The van der Waals surface area contributed by atoms with Crippen LogP contribution in [0.2, 0.25) is 0 Å². The van der Waals surface area contributed by atoms with Crippen molar-refractivity contribution in [3.05, 3.63) is 39.6 Å². The summed E-state index contributed by atoms with van der Waals surface area (Å²) in [6.07, 6.45) is 0. The Hall–Kier alpha value is -0.770. The van der Waals surface area contributed by atoms with E-state index in [2.05, 4.69) is 41.7 Å². The van der Waals surface area contributed by atoms with Gasteiger partial charge in [-0.15, -0.1) is 0 Å². The van der Waals surface area contributed by atoms with Crippen molar-refractivity contribution in [2.45, 2.75) is 23.6 Å². The van der Waals surface area contributed by atoms with Gasteiger partial charge in [0.15, 0.2) is 0 Å². The standard InChI is InChI=1S/C13H10ClNS2/c1-7-3-10-11(4-8(7)2)17-12-6-16-5-9(12)13(14)15-10/h3-6H,1-2H3. The Morgan fingerprint density at radius 3 is 2.65 bits per heavy atom. The maximum Gasteiger partial charge on any atom is 0.138 e. The van der Waals surface area contributed by atoms with Crippen molar-refractivity contribution in [3.63, 3.8) is 0 Å². The van der Waals surface area contributed by atoms with Crippen LogP contribution in [-0.4, -0.2) is 5.17 Å². The second-order valence-corrected chi connectivity index (χ2v) is 6.24. The highest BCUT2D eigenvalue weighted by Gasteiger charge is 2.17. The molecule has 1 aromatic heterocycles. The molecule has 1 aliphatic heterocycles. The van der Waals surface area contributed by atoms with Gasteiger partial charge in [-0.25, -0.2) is 4.99 Å². The van der Waals surface area contributed by atoms with Crippen molar-refractivity contribution in [1.82, 2.24) is 0 Å². The SMILES string of the molecule is Cc1cc2c(cc1C)Sc1cscc1C(Cl)=N2. The Balaban J connectivity index is 2.24. The zero-order chi connectivity index (χ0) is 12.0. The number of aliphatic imine (C=N–C) groups is 1. The van der Waals surface area contributed by atoms with E-state index in [-0.39, 0.29) is 0 Å². The average molecular weight is 280 g/mol. The van der Waals surface area contributed by atoms with Crippen LogP contribution >= 0.6 is 34.7 Å². The Morgan fingerprint density at radius 2 is 1.82 bits per heavy atom.